The highest BCUT2D eigenvalue weighted by atomic mass is 35.5. The van der Waals surface area contributed by atoms with Crippen molar-refractivity contribution in [1.82, 2.24) is 4.90 Å². The van der Waals surface area contributed by atoms with Gasteiger partial charge in [0.15, 0.2) is 6.61 Å². The molecule has 0 radical (unpaired) electrons. The Morgan fingerprint density at radius 3 is 2.06 bits per heavy atom. The molecule has 0 aromatic heterocycles. The molecule has 0 bridgehead atoms. The van der Waals surface area contributed by atoms with Crippen molar-refractivity contribution in [1.29, 1.82) is 0 Å². The first kappa shape index (κ1) is 25.6. The van der Waals surface area contributed by atoms with Crippen LogP contribution in [0.25, 0.3) is 0 Å². The van der Waals surface area contributed by atoms with Crippen molar-refractivity contribution in [2.45, 2.75) is 26.2 Å². The van der Waals surface area contributed by atoms with Gasteiger partial charge in [0, 0.05) is 48.1 Å². The summed E-state index contributed by atoms with van der Waals surface area (Å²) in [7, 11) is 0. The summed E-state index contributed by atoms with van der Waals surface area (Å²) in [5.41, 5.74) is 3.71. The molecule has 2 amide bonds. The van der Waals surface area contributed by atoms with Crippen LogP contribution in [0.1, 0.15) is 36.7 Å². The summed E-state index contributed by atoms with van der Waals surface area (Å²) in [5, 5.41) is 3.50. The SMILES string of the molecule is CC(C)(C)c1ccc(OCC(=O)Nc2ccc(N3CCN(C(=O)c4ccc(Cl)cc4)CC3)cc2)cc1. The number of carbonyl (C=O) groups is 2. The van der Waals surface area contributed by atoms with Crippen molar-refractivity contribution in [2.24, 2.45) is 0 Å². The summed E-state index contributed by atoms with van der Waals surface area (Å²) in [6.07, 6.45) is 0. The highest BCUT2D eigenvalue weighted by Gasteiger charge is 2.22. The molecule has 1 heterocycles. The topological polar surface area (TPSA) is 61.9 Å². The van der Waals surface area contributed by atoms with Crippen LogP contribution in [0.2, 0.25) is 5.02 Å². The molecule has 0 atom stereocenters. The third-order valence-electron chi connectivity index (χ3n) is 6.26. The average molecular weight is 506 g/mol. The number of carbonyl (C=O) groups excluding carboxylic acids is 2. The number of anilines is 2. The molecule has 6 nitrogen and oxygen atoms in total. The lowest BCUT2D eigenvalue weighted by Gasteiger charge is -2.36. The number of benzene rings is 3. The molecule has 3 aromatic carbocycles. The second-order valence-electron chi connectivity index (χ2n) is 9.94. The molecule has 7 heteroatoms. The highest BCUT2D eigenvalue weighted by molar-refractivity contribution is 6.30. The van der Waals surface area contributed by atoms with Crippen LogP contribution in [0.15, 0.2) is 72.8 Å². The molecule has 1 aliphatic heterocycles. The Labute approximate surface area is 217 Å². The molecule has 1 saturated heterocycles. The van der Waals surface area contributed by atoms with E-state index < -0.39 is 0 Å². The Morgan fingerprint density at radius 1 is 0.861 bits per heavy atom. The predicted molar refractivity (Wildman–Crippen MR) is 145 cm³/mol. The maximum Gasteiger partial charge on any atom is 0.262 e. The first-order valence-electron chi connectivity index (χ1n) is 12.1. The van der Waals surface area contributed by atoms with Gasteiger partial charge in [-0.3, -0.25) is 9.59 Å². The second kappa shape index (κ2) is 11.0. The lowest BCUT2D eigenvalue weighted by molar-refractivity contribution is -0.118. The van der Waals surface area contributed by atoms with Gasteiger partial charge in [-0.25, -0.2) is 0 Å². The monoisotopic (exact) mass is 505 g/mol. The summed E-state index contributed by atoms with van der Waals surface area (Å²) in [4.78, 5) is 29.2. The third-order valence-corrected chi connectivity index (χ3v) is 6.52. The summed E-state index contributed by atoms with van der Waals surface area (Å²) in [6.45, 7) is 9.20. The largest absolute Gasteiger partial charge is 0.484 e. The molecule has 4 rings (SSSR count). The number of hydrogen-bond donors (Lipinski definition) is 1. The average Bonchev–Trinajstić information content (AvgIpc) is 2.88. The highest BCUT2D eigenvalue weighted by Crippen LogP contribution is 2.24. The first-order valence-corrected chi connectivity index (χ1v) is 12.5. The molecular weight excluding hydrogens is 474 g/mol. The summed E-state index contributed by atoms with van der Waals surface area (Å²) < 4.78 is 5.63. The standard InChI is InChI=1S/C29H32ClN3O3/c1-29(2,3)22-6-14-26(15-7-22)36-20-27(34)31-24-10-12-25(13-11-24)32-16-18-33(19-17-32)28(35)21-4-8-23(30)9-5-21/h4-15H,16-20H2,1-3H3,(H,31,34). The van der Waals surface area contributed by atoms with Crippen molar-refractivity contribution in [3.8, 4) is 5.75 Å². The van der Waals surface area contributed by atoms with E-state index in [0.717, 1.165) is 18.8 Å². The van der Waals surface area contributed by atoms with E-state index in [1.54, 1.807) is 24.3 Å². The van der Waals surface area contributed by atoms with Crippen LogP contribution in [0.3, 0.4) is 0 Å². The number of nitrogens with one attached hydrogen (secondary N) is 1. The normalized spacial score (nSPS) is 13.9. The van der Waals surface area contributed by atoms with Gasteiger partial charge in [-0.05, 0) is 71.6 Å². The molecule has 3 aromatic rings. The predicted octanol–water partition coefficient (Wildman–Crippen LogP) is 5.62. The van der Waals surface area contributed by atoms with Gasteiger partial charge in [0.25, 0.3) is 11.8 Å². The summed E-state index contributed by atoms with van der Waals surface area (Å²) >= 11 is 5.93. The van der Waals surface area contributed by atoms with Gasteiger partial charge in [0.1, 0.15) is 5.75 Å². The lowest BCUT2D eigenvalue weighted by Crippen LogP contribution is -2.48. The van der Waals surface area contributed by atoms with Crippen LogP contribution >= 0.6 is 11.6 Å². The van der Waals surface area contributed by atoms with Crippen molar-refractivity contribution >= 4 is 34.8 Å². The van der Waals surface area contributed by atoms with E-state index in [4.69, 9.17) is 16.3 Å². The molecule has 1 fully saturated rings. The Morgan fingerprint density at radius 2 is 1.47 bits per heavy atom. The third kappa shape index (κ3) is 6.58. The minimum atomic E-state index is -0.211. The van der Waals surface area contributed by atoms with Gasteiger partial charge < -0.3 is 19.9 Å². The number of hydrogen-bond acceptors (Lipinski definition) is 4. The fourth-order valence-corrected chi connectivity index (χ4v) is 4.22. The molecule has 0 spiro atoms. The van der Waals surface area contributed by atoms with Crippen LogP contribution in [0.4, 0.5) is 11.4 Å². The van der Waals surface area contributed by atoms with Gasteiger partial charge in [-0.15, -0.1) is 0 Å². The van der Waals surface area contributed by atoms with Crippen molar-refractivity contribution in [2.75, 3.05) is 43.0 Å². The Balaban J connectivity index is 1.24. The number of nitrogens with zero attached hydrogens (tertiary/aromatic N) is 2. The van der Waals surface area contributed by atoms with Gasteiger partial charge >= 0.3 is 0 Å². The van der Waals surface area contributed by atoms with Gasteiger partial charge in [-0.2, -0.15) is 0 Å². The van der Waals surface area contributed by atoms with Crippen molar-refractivity contribution in [3.05, 3.63) is 88.9 Å². The Kier molecular flexibility index (Phi) is 7.85. The van der Waals surface area contributed by atoms with E-state index in [1.807, 2.05) is 53.4 Å². The second-order valence-corrected chi connectivity index (χ2v) is 10.4. The van der Waals surface area contributed by atoms with Crippen LogP contribution in [-0.4, -0.2) is 49.5 Å². The molecule has 0 aliphatic carbocycles. The lowest BCUT2D eigenvalue weighted by atomic mass is 9.87. The fraction of sp³-hybridized carbons (Fsp3) is 0.310. The zero-order valence-electron chi connectivity index (χ0n) is 21.0. The number of amides is 2. The fourth-order valence-electron chi connectivity index (χ4n) is 4.10. The molecule has 0 unspecified atom stereocenters. The smallest absolute Gasteiger partial charge is 0.262 e. The zero-order chi connectivity index (χ0) is 25.7. The molecule has 0 saturated carbocycles. The molecule has 1 aliphatic rings. The van der Waals surface area contributed by atoms with Crippen LogP contribution in [-0.2, 0) is 10.2 Å². The van der Waals surface area contributed by atoms with E-state index in [2.05, 4.69) is 31.0 Å². The van der Waals surface area contributed by atoms with Crippen LogP contribution in [0.5, 0.6) is 5.75 Å². The van der Waals surface area contributed by atoms with Crippen LogP contribution in [0, 0.1) is 0 Å². The van der Waals surface area contributed by atoms with Gasteiger partial charge in [-0.1, -0.05) is 44.5 Å². The van der Waals surface area contributed by atoms with E-state index in [0.29, 0.717) is 35.1 Å². The molecule has 188 valence electrons. The Bertz CT molecular complexity index is 1180. The van der Waals surface area contributed by atoms with E-state index in [9.17, 15) is 9.59 Å². The minimum absolute atomic E-state index is 0.0248. The minimum Gasteiger partial charge on any atom is -0.484 e. The van der Waals surface area contributed by atoms with E-state index >= 15 is 0 Å². The number of ether oxygens (including phenoxy) is 1. The van der Waals surface area contributed by atoms with E-state index in [1.165, 1.54) is 5.56 Å². The van der Waals surface area contributed by atoms with Crippen LogP contribution < -0.4 is 15.0 Å². The molecule has 36 heavy (non-hydrogen) atoms. The molecular formula is C29H32ClN3O3. The van der Waals surface area contributed by atoms with E-state index in [-0.39, 0.29) is 23.8 Å². The van der Waals surface area contributed by atoms with Gasteiger partial charge in [0.05, 0.1) is 0 Å². The first-order chi connectivity index (χ1) is 17.2. The Hall–Kier alpha value is -3.51. The molecule has 1 N–H and O–H groups in total. The number of halogens is 1. The van der Waals surface area contributed by atoms with Gasteiger partial charge in [0.2, 0.25) is 0 Å². The number of rotatable bonds is 6. The maximum atomic E-state index is 12.7. The van der Waals surface area contributed by atoms with Crippen molar-refractivity contribution < 1.29 is 14.3 Å². The number of piperazine rings is 1. The maximum absolute atomic E-state index is 12.7. The van der Waals surface area contributed by atoms with Crippen molar-refractivity contribution in [3.63, 3.8) is 0 Å². The quantitative estimate of drug-likeness (QED) is 0.472. The summed E-state index contributed by atoms with van der Waals surface area (Å²) in [6, 6.07) is 22.6. The summed E-state index contributed by atoms with van der Waals surface area (Å²) in [5.74, 6) is 0.482. The zero-order valence-corrected chi connectivity index (χ0v) is 21.7.